The molecule has 1 aromatic carbocycles. The molecule has 0 bridgehead atoms. The van der Waals surface area contributed by atoms with Gasteiger partial charge >= 0.3 is 0 Å². The molecule has 2 rings (SSSR count). The summed E-state index contributed by atoms with van der Waals surface area (Å²) in [5.41, 5.74) is 0.771. The van der Waals surface area contributed by atoms with Crippen LogP contribution in [0.1, 0.15) is 19.8 Å². The van der Waals surface area contributed by atoms with Gasteiger partial charge in [-0.05, 0) is 25.1 Å². The Balaban J connectivity index is 1.96. The minimum atomic E-state index is 0.0106. The third-order valence-electron chi connectivity index (χ3n) is 3.34. The van der Waals surface area contributed by atoms with Crippen molar-refractivity contribution in [2.75, 3.05) is 18.4 Å². The zero-order chi connectivity index (χ0) is 12.3. The van der Waals surface area contributed by atoms with Crippen LogP contribution in [-0.4, -0.2) is 25.0 Å². The number of benzene rings is 1. The summed E-state index contributed by atoms with van der Waals surface area (Å²) in [6, 6.07) is 7.27. The number of amides is 1. The van der Waals surface area contributed by atoms with Gasteiger partial charge in [0.15, 0.2) is 6.04 Å². The van der Waals surface area contributed by atoms with Crippen molar-refractivity contribution in [1.82, 2.24) is 0 Å². The fraction of sp³-hybridized carbons (Fsp3) is 0.462. The Bertz CT molecular complexity index is 402. The van der Waals surface area contributed by atoms with E-state index in [0.29, 0.717) is 5.02 Å². The molecule has 92 valence electrons. The summed E-state index contributed by atoms with van der Waals surface area (Å²) in [6.45, 7) is 4.19. The number of carbonyl (C=O) groups is 1. The average Bonchev–Trinajstić information content (AvgIpc) is 2.81. The average molecular weight is 254 g/mol. The number of carbonyl (C=O) groups excluding carboxylic acids is 1. The summed E-state index contributed by atoms with van der Waals surface area (Å²) in [4.78, 5) is 13.4. The van der Waals surface area contributed by atoms with Gasteiger partial charge < -0.3 is 10.2 Å². The van der Waals surface area contributed by atoms with E-state index in [1.165, 1.54) is 17.7 Å². The third kappa shape index (κ3) is 3.20. The highest BCUT2D eigenvalue weighted by Crippen LogP contribution is 2.14. The van der Waals surface area contributed by atoms with Gasteiger partial charge in [0, 0.05) is 23.6 Å². The molecule has 0 aromatic heterocycles. The largest absolute Gasteiger partial charge is 0.325 e. The van der Waals surface area contributed by atoms with Crippen LogP contribution in [0.25, 0.3) is 0 Å². The molecule has 1 fully saturated rings. The van der Waals surface area contributed by atoms with E-state index < -0.39 is 0 Å². The zero-order valence-corrected chi connectivity index (χ0v) is 10.8. The van der Waals surface area contributed by atoms with Gasteiger partial charge in [-0.25, -0.2) is 0 Å². The van der Waals surface area contributed by atoms with Gasteiger partial charge in [-0.1, -0.05) is 17.7 Å². The maximum absolute atomic E-state index is 12.0. The van der Waals surface area contributed by atoms with Crippen molar-refractivity contribution in [2.24, 2.45) is 0 Å². The Hall–Kier alpha value is -1.06. The zero-order valence-electron chi connectivity index (χ0n) is 10.0. The fourth-order valence-corrected chi connectivity index (χ4v) is 2.45. The first-order valence-corrected chi connectivity index (χ1v) is 6.45. The Labute approximate surface area is 107 Å². The fourth-order valence-electron chi connectivity index (χ4n) is 2.26. The lowest BCUT2D eigenvalue weighted by molar-refractivity contribution is -0.901. The molecule has 1 saturated heterocycles. The second-order valence-corrected chi connectivity index (χ2v) is 5.02. The predicted molar refractivity (Wildman–Crippen MR) is 69.5 cm³/mol. The van der Waals surface area contributed by atoms with Crippen molar-refractivity contribution in [1.29, 1.82) is 0 Å². The van der Waals surface area contributed by atoms with Crippen molar-refractivity contribution < 1.29 is 9.69 Å². The van der Waals surface area contributed by atoms with Crippen LogP contribution >= 0.6 is 11.6 Å². The molecule has 0 saturated carbocycles. The molecule has 1 aliphatic rings. The summed E-state index contributed by atoms with van der Waals surface area (Å²) in [5, 5.41) is 3.56. The molecule has 1 atom stereocenters. The molecule has 3 nitrogen and oxygen atoms in total. The number of rotatable bonds is 3. The molecule has 1 amide bonds. The van der Waals surface area contributed by atoms with E-state index in [4.69, 9.17) is 11.6 Å². The first-order valence-electron chi connectivity index (χ1n) is 6.08. The number of quaternary nitrogens is 1. The molecule has 2 N–H and O–H groups in total. The molecule has 0 spiro atoms. The van der Waals surface area contributed by atoms with E-state index in [0.717, 1.165) is 18.8 Å². The first-order chi connectivity index (χ1) is 8.16. The molecular weight excluding hydrogens is 236 g/mol. The second-order valence-electron chi connectivity index (χ2n) is 4.59. The Kier molecular flexibility index (Phi) is 4.02. The van der Waals surface area contributed by atoms with E-state index in [-0.39, 0.29) is 11.9 Å². The summed E-state index contributed by atoms with van der Waals surface area (Å²) in [5.74, 6) is 0.0733. The molecule has 0 radical (unpaired) electrons. The minimum absolute atomic E-state index is 0.0106. The number of anilines is 1. The van der Waals surface area contributed by atoms with Crippen molar-refractivity contribution in [3.63, 3.8) is 0 Å². The number of hydrogen-bond donors (Lipinski definition) is 2. The number of likely N-dealkylation sites (tertiary alicyclic amines) is 1. The van der Waals surface area contributed by atoms with Crippen molar-refractivity contribution in [3.8, 4) is 0 Å². The quantitative estimate of drug-likeness (QED) is 0.838. The highest BCUT2D eigenvalue weighted by atomic mass is 35.5. The van der Waals surface area contributed by atoms with Crippen LogP contribution in [0, 0.1) is 0 Å². The molecular formula is C13H18ClN2O+. The van der Waals surface area contributed by atoms with Gasteiger partial charge in [0.25, 0.3) is 5.91 Å². The van der Waals surface area contributed by atoms with Gasteiger partial charge in [-0.2, -0.15) is 0 Å². The maximum Gasteiger partial charge on any atom is 0.282 e. The van der Waals surface area contributed by atoms with Gasteiger partial charge in [-0.3, -0.25) is 4.79 Å². The third-order valence-corrected chi connectivity index (χ3v) is 3.58. The van der Waals surface area contributed by atoms with E-state index in [9.17, 15) is 4.79 Å². The number of hydrogen-bond acceptors (Lipinski definition) is 1. The Morgan fingerprint density at radius 1 is 1.41 bits per heavy atom. The normalized spacial score (nSPS) is 18.0. The van der Waals surface area contributed by atoms with E-state index in [1.807, 2.05) is 19.1 Å². The molecule has 0 unspecified atom stereocenters. The van der Waals surface area contributed by atoms with Crippen LogP contribution in [0.15, 0.2) is 24.3 Å². The van der Waals surface area contributed by atoms with Crippen molar-refractivity contribution in [3.05, 3.63) is 29.3 Å². The van der Waals surface area contributed by atoms with E-state index >= 15 is 0 Å². The number of nitrogens with one attached hydrogen (secondary N) is 2. The van der Waals surface area contributed by atoms with Gasteiger partial charge in [-0.15, -0.1) is 0 Å². The first kappa shape index (κ1) is 12.4. The lowest BCUT2D eigenvalue weighted by Crippen LogP contribution is -3.14. The van der Waals surface area contributed by atoms with Crippen LogP contribution in [-0.2, 0) is 4.79 Å². The SMILES string of the molecule is C[C@@H](C(=O)Nc1cccc(Cl)c1)[NH+]1CCCC1. The smallest absolute Gasteiger partial charge is 0.282 e. The monoisotopic (exact) mass is 253 g/mol. The van der Waals surface area contributed by atoms with Crippen molar-refractivity contribution in [2.45, 2.75) is 25.8 Å². The van der Waals surface area contributed by atoms with E-state index in [1.54, 1.807) is 12.1 Å². The van der Waals surface area contributed by atoms with Gasteiger partial charge in [0.2, 0.25) is 0 Å². The van der Waals surface area contributed by atoms with Crippen LogP contribution in [0.2, 0.25) is 5.02 Å². The summed E-state index contributed by atoms with van der Waals surface area (Å²) >= 11 is 5.88. The predicted octanol–water partition coefficient (Wildman–Crippen LogP) is 1.35. The Morgan fingerprint density at radius 3 is 2.76 bits per heavy atom. The Morgan fingerprint density at radius 2 is 2.12 bits per heavy atom. The van der Waals surface area contributed by atoms with Gasteiger partial charge in [0.1, 0.15) is 0 Å². The summed E-state index contributed by atoms with van der Waals surface area (Å²) in [6.07, 6.45) is 2.45. The molecule has 17 heavy (non-hydrogen) atoms. The standard InChI is InChI=1S/C13H17ClN2O/c1-10(16-7-2-3-8-16)13(17)15-12-6-4-5-11(14)9-12/h4-6,9-10H,2-3,7-8H2,1H3,(H,15,17)/p+1/t10-/m0/s1. The van der Waals surface area contributed by atoms with Crippen molar-refractivity contribution >= 4 is 23.2 Å². The van der Waals surface area contributed by atoms with Crippen LogP contribution in [0.3, 0.4) is 0 Å². The summed E-state index contributed by atoms with van der Waals surface area (Å²) in [7, 11) is 0. The van der Waals surface area contributed by atoms with Crippen LogP contribution < -0.4 is 10.2 Å². The van der Waals surface area contributed by atoms with Crippen LogP contribution in [0.4, 0.5) is 5.69 Å². The lowest BCUT2D eigenvalue weighted by atomic mass is 10.2. The maximum atomic E-state index is 12.0. The van der Waals surface area contributed by atoms with E-state index in [2.05, 4.69) is 5.32 Å². The molecule has 4 heteroatoms. The highest BCUT2D eigenvalue weighted by molar-refractivity contribution is 6.30. The van der Waals surface area contributed by atoms with Crippen LogP contribution in [0.5, 0.6) is 0 Å². The molecule has 1 aliphatic heterocycles. The minimum Gasteiger partial charge on any atom is -0.325 e. The second kappa shape index (κ2) is 5.52. The summed E-state index contributed by atoms with van der Waals surface area (Å²) < 4.78 is 0. The molecule has 1 heterocycles. The molecule has 0 aliphatic carbocycles. The molecule has 1 aromatic rings. The number of halogens is 1. The van der Waals surface area contributed by atoms with Gasteiger partial charge in [0.05, 0.1) is 13.1 Å². The highest BCUT2D eigenvalue weighted by Gasteiger charge is 2.27. The lowest BCUT2D eigenvalue weighted by Gasteiger charge is -2.19. The topological polar surface area (TPSA) is 33.5 Å².